The Labute approximate surface area is 124 Å². The van der Waals surface area contributed by atoms with Crippen LogP contribution >= 0.6 is 11.3 Å². The maximum Gasteiger partial charge on any atom is 0.211 e. The third kappa shape index (κ3) is 3.91. The van der Waals surface area contributed by atoms with Gasteiger partial charge in [-0.25, -0.2) is 13.4 Å². The highest BCUT2D eigenvalue weighted by Crippen LogP contribution is 2.22. The molecule has 0 spiro atoms. The Morgan fingerprint density at radius 2 is 2.15 bits per heavy atom. The average Bonchev–Trinajstić information content (AvgIpc) is 2.76. The first-order chi connectivity index (χ1) is 9.40. The summed E-state index contributed by atoms with van der Waals surface area (Å²) in [6.45, 7) is 5.12. The first-order valence-corrected chi connectivity index (χ1v) is 9.46. The molecule has 0 aromatic carbocycles. The SMILES string of the molecule is CCN(C1CCN(Cc2cnc(N)s2)CC1)S(C)(=O)=O. The lowest BCUT2D eigenvalue weighted by molar-refractivity contribution is 0.157. The topological polar surface area (TPSA) is 79.5 Å². The fraction of sp³-hybridized carbons (Fsp3) is 0.750. The van der Waals surface area contributed by atoms with Crippen molar-refractivity contribution in [3.63, 3.8) is 0 Å². The van der Waals surface area contributed by atoms with E-state index in [9.17, 15) is 8.42 Å². The molecule has 0 radical (unpaired) electrons. The second kappa shape index (κ2) is 6.38. The monoisotopic (exact) mass is 318 g/mol. The van der Waals surface area contributed by atoms with Crippen molar-refractivity contribution in [3.8, 4) is 0 Å². The van der Waals surface area contributed by atoms with Crippen LogP contribution in [0.3, 0.4) is 0 Å². The Hall–Kier alpha value is -0.700. The normalized spacial score (nSPS) is 18.8. The number of rotatable bonds is 5. The number of aromatic nitrogens is 1. The molecule has 1 saturated heterocycles. The maximum absolute atomic E-state index is 11.7. The largest absolute Gasteiger partial charge is 0.375 e. The quantitative estimate of drug-likeness (QED) is 0.875. The average molecular weight is 318 g/mol. The van der Waals surface area contributed by atoms with Crippen LogP contribution in [0.2, 0.25) is 0 Å². The number of likely N-dealkylation sites (tertiary alicyclic amines) is 1. The molecule has 2 N–H and O–H groups in total. The molecule has 20 heavy (non-hydrogen) atoms. The number of sulfonamides is 1. The fourth-order valence-corrected chi connectivity index (χ4v) is 4.69. The molecule has 1 aromatic heterocycles. The molecule has 0 unspecified atom stereocenters. The van der Waals surface area contributed by atoms with Gasteiger partial charge in [-0.3, -0.25) is 4.90 Å². The lowest BCUT2D eigenvalue weighted by Crippen LogP contribution is -2.46. The van der Waals surface area contributed by atoms with Crippen molar-refractivity contribution >= 4 is 26.5 Å². The molecule has 0 aliphatic carbocycles. The van der Waals surface area contributed by atoms with Crippen molar-refractivity contribution in [1.82, 2.24) is 14.2 Å². The van der Waals surface area contributed by atoms with Crippen molar-refractivity contribution in [1.29, 1.82) is 0 Å². The Balaban J connectivity index is 1.89. The van der Waals surface area contributed by atoms with Crippen molar-refractivity contribution in [2.75, 3.05) is 31.6 Å². The van der Waals surface area contributed by atoms with Gasteiger partial charge in [0.1, 0.15) is 0 Å². The number of anilines is 1. The zero-order valence-corrected chi connectivity index (χ0v) is 13.6. The molecule has 8 heteroatoms. The van der Waals surface area contributed by atoms with Gasteiger partial charge in [-0.1, -0.05) is 6.92 Å². The van der Waals surface area contributed by atoms with Gasteiger partial charge in [0.2, 0.25) is 10.0 Å². The van der Waals surface area contributed by atoms with Crippen LogP contribution in [-0.4, -0.2) is 54.5 Å². The van der Waals surface area contributed by atoms with Crippen LogP contribution in [-0.2, 0) is 16.6 Å². The van der Waals surface area contributed by atoms with Crippen LogP contribution in [0.15, 0.2) is 6.20 Å². The smallest absolute Gasteiger partial charge is 0.211 e. The van der Waals surface area contributed by atoms with Crippen molar-refractivity contribution in [3.05, 3.63) is 11.1 Å². The Morgan fingerprint density at radius 3 is 2.60 bits per heavy atom. The zero-order valence-electron chi connectivity index (χ0n) is 11.9. The Kier molecular flexibility index (Phi) is 5.00. The van der Waals surface area contributed by atoms with E-state index in [2.05, 4.69) is 9.88 Å². The zero-order chi connectivity index (χ0) is 14.8. The van der Waals surface area contributed by atoms with Gasteiger partial charge >= 0.3 is 0 Å². The maximum atomic E-state index is 11.7. The second-order valence-corrected chi connectivity index (χ2v) is 8.22. The minimum atomic E-state index is -3.10. The molecular weight excluding hydrogens is 296 g/mol. The van der Waals surface area contributed by atoms with E-state index in [0.717, 1.165) is 37.4 Å². The van der Waals surface area contributed by atoms with E-state index in [0.29, 0.717) is 11.7 Å². The molecule has 1 aliphatic rings. The summed E-state index contributed by atoms with van der Waals surface area (Å²) in [6, 6.07) is 0.137. The molecule has 0 bridgehead atoms. The van der Waals surface area contributed by atoms with Gasteiger partial charge in [0.15, 0.2) is 5.13 Å². The van der Waals surface area contributed by atoms with Crippen LogP contribution in [0.5, 0.6) is 0 Å². The van der Waals surface area contributed by atoms with E-state index in [4.69, 9.17) is 5.73 Å². The highest BCUT2D eigenvalue weighted by molar-refractivity contribution is 7.88. The molecule has 114 valence electrons. The third-order valence-corrected chi connectivity index (χ3v) is 5.87. The molecule has 1 fully saturated rings. The molecule has 2 heterocycles. The van der Waals surface area contributed by atoms with Gasteiger partial charge in [0.25, 0.3) is 0 Å². The number of hydrogen-bond acceptors (Lipinski definition) is 6. The highest BCUT2D eigenvalue weighted by atomic mass is 32.2. The second-order valence-electron chi connectivity index (χ2n) is 5.14. The summed E-state index contributed by atoms with van der Waals surface area (Å²) in [6.07, 6.45) is 4.88. The van der Waals surface area contributed by atoms with E-state index in [1.165, 1.54) is 17.6 Å². The van der Waals surface area contributed by atoms with E-state index < -0.39 is 10.0 Å². The number of hydrogen-bond donors (Lipinski definition) is 1. The number of nitrogens with two attached hydrogens (primary N) is 1. The first-order valence-electron chi connectivity index (χ1n) is 6.79. The summed E-state index contributed by atoms with van der Waals surface area (Å²) in [5.41, 5.74) is 5.63. The van der Waals surface area contributed by atoms with Crippen LogP contribution < -0.4 is 5.73 Å². The van der Waals surface area contributed by atoms with Crippen LogP contribution in [0.4, 0.5) is 5.13 Å². The number of nitrogens with zero attached hydrogens (tertiary/aromatic N) is 3. The predicted molar refractivity (Wildman–Crippen MR) is 82.0 cm³/mol. The Morgan fingerprint density at radius 1 is 1.50 bits per heavy atom. The van der Waals surface area contributed by atoms with E-state index >= 15 is 0 Å². The lowest BCUT2D eigenvalue weighted by Gasteiger charge is -2.36. The summed E-state index contributed by atoms with van der Waals surface area (Å²) >= 11 is 1.52. The number of piperidine rings is 1. The molecule has 0 amide bonds. The number of nitrogen functional groups attached to an aromatic ring is 1. The van der Waals surface area contributed by atoms with Gasteiger partial charge in [-0.2, -0.15) is 4.31 Å². The molecule has 0 saturated carbocycles. The highest BCUT2D eigenvalue weighted by Gasteiger charge is 2.28. The molecule has 2 rings (SSSR count). The standard InChI is InChI=1S/C12H22N4O2S2/c1-3-16(20(2,17)18)10-4-6-15(7-5-10)9-11-8-14-12(13)19-11/h8,10H,3-7,9H2,1-2H3,(H2,13,14). The Bertz CT molecular complexity index is 535. The first kappa shape index (κ1) is 15.7. The summed E-state index contributed by atoms with van der Waals surface area (Å²) in [4.78, 5) is 7.55. The lowest BCUT2D eigenvalue weighted by atomic mass is 10.1. The summed E-state index contributed by atoms with van der Waals surface area (Å²) in [5, 5.41) is 0.601. The third-order valence-electron chi connectivity index (χ3n) is 3.65. The molecule has 1 aromatic rings. The van der Waals surface area contributed by atoms with Gasteiger partial charge in [-0.05, 0) is 12.8 Å². The van der Waals surface area contributed by atoms with Crippen LogP contribution in [0.25, 0.3) is 0 Å². The van der Waals surface area contributed by atoms with E-state index in [1.807, 2.05) is 13.1 Å². The predicted octanol–water partition coefficient (Wildman–Crippen LogP) is 0.971. The minimum Gasteiger partial charge on any atom is -0.375 e. The molecular formula is C12H22N4O2S2. The van der Waals surface area contributed by atoms with Gasteiger partial charge < -0.3 is 5.73 Å². The molecule has 6 nitrogen and oxygen atoms in total. The minimum absolute atomic E-state index is 0.137. The number of thiazole rings is 1. The fourth-order valence-electron chi connectivity index (χ4n) is 2.75. The molecule has 0 atom stereocenters. The van der Waals surface area contributed by atoms with Gasteiger partial charge in [0.05, 0.1) is 6.26 Å². The van der Waals surface area contributed by atoms with E-state index in [-0.39, 0.29) is 6.04 Å². The molecule has 1 aliphatic heterocycles. The van der Waals surface area contributed by atoms with Gasteiger partial charge in [-0.15, -0.1) is 11.3 Å². The van der Waals surface area contributed by atoms with Crippen molar-refractivity contribution in [2.24, 2.45) is 0 Å². The van der Waals surface area contributed by atoms with Gasteiger partial charge in [0, 0.05) is 43.3 Å². The summed E-state index contributed by atoms with van der Waals surface area (Å²) in [7, 11) is -3.10. The van der Waals surface area contributed by atoms with Crippen LogP contribution in [0, 0.1) is 0 Å². The summed E-state index contributed by atoms with van der Waals surface area (Å²) in [5.74, 6) is 0. The van der Waals surface area contributed by atoms with Crippen molar-refractivity contribution in [2.45, 2.75) is 32.4 Å². The van der Waals surface area contributed by atoms with E-state index in [1.54, 1.807) is 4.31 Å². The van der Waals surface area contributed by atoms with Crippen LogP contribution in [0.1, 0.15) is 24.6 Å². The summed E-state index contributed by atoms with van der Waals surface area (Å²) < 4.78 is 25.1. The van der Waals surface area contributed by atoms with Crippen molar-refractivity contribution < 1.29 is 8.42 Å².